The SMILES string of the molecule is CCCCCCCCCCCCCCOP(=O)(CCCC)OCCc1ccccc1. The average Bonchev–Trinajstić information content (AvgIpc) is 2.76. The molecule has 0 fully saturated rings. The maximum atomic E-state index is 13.0. The molecule has 0 N–H and O–H groups in total. The van der Waals surface area contributed by atoms with E-state index >= 15 is 0 Å². The van der Waals surface area contributed by atoms with Crippen molar-refractivity contribution in [2.75, 3.05) is 19.4 Å². The van der Waals surface area contributed by atoms with Gasteiger partial charge in [0.05, 0.1) is 19.4 Å². The van der Waals surface area contributed by atoms with Crippen molar-refractivity contribution in [3.05, 3.63) is 35.9 Å². The number of benzene rings is 1. The van der Waals surface area contributed by atoms with Crippen molar-refractivity contribution < 1.29 is 13.6 Å². The summed E-state index contributed by atoms with van der Waals surface area (Å²) in [7, 11) is -2.96. The lowest BCUT2D eigenvalue weighted by atomic mass is 10.1. The minimum atomic E-state index is -2.96. The van der Waals surface area contributed by atoms with Gasteiger partial charge in [0.15, 0.2) is 0 Å². The van der Waals surface area contributed by atoms with Gasteiger partial charge in [-0.1, -0.05) is 121 Å². The van der Waals surface area contributed by atoms with E-state index in [4.69, 9.17) is 9.05 Å². The van der Waals surface area contributed by atoms with Crippen molar-refractivity contribution in [2.45, 2.75) is 110 Å². The molecule has 0 saturated heterocycles. The number of hydrogen-bond acceptors (Lipinski definition) is 3. The van der Waals surface area contributed by atoms with E-state index in [0.717, 1.165) is 32.1 Å². The van der Waals surface area contributed by atoms with Gasteiger partial charge in [0.1, 0.15) is 0 Å². The largest absolute Gasteiger partial charge is 0.330 e. The topological polar surface area (TPSA) is 35.5 Å². The third kappa shape index (κ3) is 15.2. The first-order chi connectivity index (χ1) is 14.7. The molecule has 30 heavy (non-hydrogen) atoms. The van der Waals surface area contributed by atoms with E-state index in [9.17, 15) is 4.57 Å². The Balaban J connectivity index is 2.07. The summed E-state index contributed by atoms with van der Waals surface area (Å²) in [6.07, 6.45) is 19.0. The highest BCUT2D eigenvalue weighted by atomic mass is 31.2. The zero-order valence-electron chi connectivity index (χ0n) is 19.8. The molecule has 1 aromatic carbocycles. The fraction of sp³-hybridized carbons (Fsp3) is 0.769. The summed E-state index contributed by atoms with van der Waals surface area (Å²) in [6.45, 7) is 5.40. The average molecular weight is 439 g/mol. The van der Waals surface area contributed by atoms with Crippen LogP contribution >= 0.6 is 7.60 Å². The molecule has 4 heteroatoms. The molecule has 0 aliphatic heterocycles. The molecule has 0 saturated carbocycles. The predicted molar refractivity (Wildman–Crippen MR) is 131 cm³/mol. The van der Waals surface area contributed by atoms with Gasteiger partial charge in [-0.15, -0.1) is 0 Å². The van der Waals surface area contributed by atoms with Gasteiger partial charge in [-0.25, -0.2) is 0 Å². The Morgan fingerprint density at radius 2 is 1.13 bits per heavy atom. The van der Waals surface area contributed by atoms with Crippen LogP contribution in [-0.2, 0) is 20.0 Å². The molecular weight excluding hydrogens is 391 g/mol. The zero-order chi connectivity index (χ0) is 21.8. The van der Waals surface area contributed by atoms with Crippen molar-refractivity contribution in [3.8, 4) is 0 Å². The van der Waals surface area contributed by atoms with Crippen molar-refractivity contribution in [3.63, 3.8) is 0 Å². The van der Waals surface area contributed by atoms with Crippen LogP contribution in [0, 0.1) is 0 Å². The molecule has 0 aromatic heterocycles. The van der Waals surface area contributed by atoms with Gasteiger partial charge in [-0.2, -0.15) is 0 Å². The first-order valence-electron chi connectivity index (χ1n) is 12.6. The highest BCUT2D eigenvalue weighted by Gasteiger charge is 2.23. The Morgan fingerprint density at radius 1 is 0.633 bits per heavy atom. The lowest BCUT2D eigenvalue weighted by Gasteiger charge is -2.18. The van der Waals surface area contributed by atoms with Crippen LogP contribution < -0.4 is 0 Å². The van der Waals surface area contributed by atoms with Crippen LogP contribution in [-0.4, -0.2) is 19.4 Å². The summed E-state index contributed by atoms with van der Waals surface area (Å²) in [5.74, 6) is 0. The van der Waals surface area contributed by atoms with Crippen LogP contribution in [0.5, 0.6) is 0 Å². The molecule has 0 heterocycles. The van der Waals surface area contributed by atoms with E-state index in [1.54, 1.807) is 0 Å². The minimum Gasteiger partial charge on any atom is -0.309 e. The van der Waals surface area contributed by atoms with Crippen LogP contribution in [0.15, 0.2) is 30.3 Å². The second-order valence-corrected chi connectivity index (χ2v) is 10.7. The Morgan fingerprint density at radius 3 is 1.70 bits per heavy atom. The fourth-order valence-corrected chi connectivity index (χ4v) is 5.43. The smallest absolute Gasteiger partial charge is 0.309 e. The van der Waals surface area contributed by atoms with Crippen molar-refractivity contribution in [1.29, 1.82) is 0 Å². The highest BCUT2D eigenvalue weighted by molar-refractivity contribution is 7.53. The molecule has 1 rings (SSSR count). The predicted octanol–water partition coefficient (Wildman–Crippen LogP) is 8.96. The number of rotatable bonds is 21. The molecule has 174 valence electrons. The van der Waals surface area contributed by atoms with E-state index < -0.39 is 7.60 Å². The standard InChI is InChI=1S/C26H47O3P/c1-3-5-7-8-9-10-11-12-13-14-15-19-23-28-30(27,25-6-4-2)29-24-22-26-20-17-16-18-21-26/h16-18,20-21H,3-15,19,22-25H2,1-2H3. The Bertz CT molecular complexity index is 532. The van der Waals surface area contributed by atoms with Gasteiger partial charge >= 0.3 is 7.60 Å². The van der Waals surface area contributed by atoms with Gasteiger partial charge in [0, 0.05) is 0 Å². The molecular formula is C26H47O3P. The maximum Gasteiger partial charge on any atom is 0.330 e. The number of hydrogen-bond donors (Lipinski definition) is 0. The van der Waals surface area contributed by atoms with Crippen LogP contribution in [0.25, 0.3) is 0 Å². The third-order valence-electron chi connectivity index (χ3n) is 5.59. The van der Waals surface area contributed by atoms with Crippen LogP contribution in [0.1, 0.15) is 109 Å². The van der Waals surface area contributed by atoms with E-state index in [2.05, 4.69) is 26.0 Å². The molecule has 0 spiro atoms. The monoisotopic (exact) mass is 438 g/mol. The Kier molecular flexibility index (Phi) is 17.4. The van der Waals surface area contributed by atoms with Crippen LogP contribution in [0.4, 0.5) is 0 Å². The quantitative estimate of drug-likeness (QED) is 0.142. The fourth-order valence-electron chi connectivity index (χ4n) is 3.61. The van der Waals surface area contributed by atoms with Crippen LogP contribution in [0.2, 0.25) is 0 Å². The summed E-state index contributed by atoms with van der Waals surface area (Å²) in [5, 5.41) is 0. The summed E-state index contributed by atoms with van der Waals surface area (Å²) < 4.78 is 24.6. The lowest BCUT2D eigenvalue weighted by molar-refractivity contribution is 0.202. The van der Waals surface area contributed by atoms with E-state index in [-0.39, 0.29) is 0 Å². The van der Waals surface area contributed by atoms with Crippen molar-refractivity contribution in [1.82, 2.24) is 0 Å². The van der Waals surface area contributed by atoms with Gasteiger partial charge in [-0.3, -0.25) is 4.57 Å². The van der Waals surface area contributed by atoms with Crippen LogP contribution in [0.3, 0.4) is 0 Å². The number of unbranched alkanes of at least 4 members (excludes halogenated alkanes) is 12. The molecule has 3 nitrogen and oxygen atoms in total. The summed E-state index contributed by atoms with van der Waals surface area (Å²) in [6, 6.07) is 10.2. The van der Waals surface area contributed by atoms with E-state index in [1.807, 2.05) is 18.2 Å². The lowest BCUT2D eigenvalue weighted by Crippen LogP contribution is -2.05. The first-order valence-corrected chi connectivity index (χ1v) is 14.3. The molecule has 0 amide bonds. The molecule has 1 atom stereocenters. The summed E-state index contributed by atoms with van der Waals surface area (Å²) in [5.41, 5.74) is 1.21. The second-order valence-electron chi connectivity index (χ2n) is 8.48. The van der Waals surface area contributed by atoms with Gasteiger partial charge in [0.25, 0.3) is 0 Å². The molecule has 0 aliphatic rings. The van der Waals surface area contributed by atoms with Crippen molar-refractivity contribution >= 4 is 7.60 Å². The van der Waals surface area contributed by atoms with Gasteiger partial charge in [0.2, 0.25) is 0 Å². The third-order valence-corrected chi connectivity index (χ3v) is 7.61. The zero-order valence-corrected chi connectivity index (χ0v) is 20.7. The second kappa shape index (κ2) is 19.1. The minimum absolute atomic E-state index is 0.462. The summed E-state index contributed by atoms with van der Waals surface area (Å²) >= 11 is 0. The highest BCUT2D eigenvalue weighted by Crippen LogP contribution is 2.49. The normalized spacial score (nSPS) is 13.4. The summed E-state index contributed by atoms with van der Waals surface area (Å²) in [4.78, 5) is 0. The first kappa shape index (κ1) is 27.4. The van der Waals surface area contributed by atoms with Gasteiger partial charge in [-0.05, 0) is 24.8 Å². The molecule has 1 unspecified atom stereocenters. The van der Waals surface area contributed by atoms with Gasteiger partial charge < -0.3 is 9.05 Å². The van der Waals surface area contributed by atoms with Crippen molar-refractivity contribution in [2.24, 2.45) is 0 Å². The van der Waals surface area contributed by atoms with E-state index in [0.29, 0.717) is 19.4 Å². The Hall–Kier alpha value is -0.630. The van der Waals surface area contributed by atoms with E-state index in [1.165, 1.54) is 69.8 Å². The molecule has 0 radical (unpaired) electrons. The Labute approximate surface area is 186 Å². The molecule has 0 aliphatic carbocycles. The molecule has 0 bridgehead atoms. The maximum absolute atomic E-state index is 13.0. The molecule has 1 aromatic rings.